The fraction of sp³-hybridized carbons (Fsp3) is 0.714. The van der Waals surface area contributed by atoms with E-state index in [9.17, 15) is 0 Å². The molecule has 1 heterocycles. The lowest BCUT2D eigenvalue weighted by Crippen LogP contribution is -2.19. The minimum atomic E-state index is 0.412. The fourth-order valence-electron chi connectivity index (χ4n) is 2.79. The molecule has 0 amide bonds. The van der Waals surface area contributed by atoms with Crippen LogP contribution in [0.15, 0.2) is 6.33 Å². The third-order valence-corrected chi connectivity index (χ3v) is 3.73. The summed E-state index contributed by atoms with van der Waals surface area (Å²) in [4.78, 5) is 8.74. The van der Waals surface area contributed by atoms with E-state index in [1.807, 2.05) is 7.05 Å². The van der Waals surface area contributed by atoms with Crippen LogP contribution < -0.4 is 10.6 Å². The van der Waals surface area contributed by atoms with Crippen molar-refractivity contribution in [1.82, 2.24) is 9.97 Å². The molecule has 1 aliphatic rings. The Hall–Kier alpha value is -1.32. The molecule has 1 aromatic rings. The highest BCUT2D eigenvalue weighted by Gasteiger charge is 2.23. The van der Waals surface area contributed by atoms with Gasteiger partial charge in [-0.1, -0.05) is 20.8 Å². The van der Waals surface area contributed by atoms with Crippen LogP contribution in [0.5, 0.6) is 0 Å². The summed E-state index contributed by atoms with van der Waals surface area (Å²) in [5.74, 6) is 3.18. The lowest BCUT2D eigenvalue weighted by atomic mass is 10.0. The number of nitrogens with zero attached hydrogens (tertiary/aromatic N) is 2. The van der Waals surface area contributed by atoms with Crippen molar-refractivity contribution in [3.05, 3.63) is 11.9 Å². The number of rotatable bonds is 4. The van der Waals surface area contributed by atoms with Gasteiger partial charge in [0.05, 0.1) is 0 Å². The number of nitrogens with one attached hydrogen (secondary N) is 2. The molecule has 2 N–H and O–H groups in total. The first-order valence-electron chi connectivity index (χ1n) is 6.91. The fourth-order valence-corrected chi connectivity index (χ4v) is 2.79. The minimum absolute atomic E-state index is 0.412. The van der Waals surface area contributed by atoms with Crippen LogP contribution >= 0.6 is 0 Å². The molecule has 0 aromatic carbocycles. The van der Waals surface area contributed by atoms with E-state index >= 15 is 0 Å². The van der Waals surface area contributed by atoms with E-state index < -0.39 is 0 Å². The van der Waals surface area contributed by atoms with E-state index in [0.717, 1.165) is 17.6 Å². The van der Waals surface area contributed by atoms with Gasteiger partial charge >= 0.3 is 0 Å². The van der Waals surface area contributed by atoms with Crippen molar-refractivity contribution in [2.24, 2.45) is 5.92 Å². The summed E-state index contributed by atoms with van der Waals surface area (Å²) >= 11 is 0. The minimum Gasteiger partial charge on any atom is -0.373 e. The maximum absolute atomic E-state index is 4.43. The summed E-state index contributed by atoms with van der Waals surface area (Å²) in [5, 5.41) is 6.76. The van der Waals surface area contributed by atoms with Gasteiger partial charge in [0.1, 0.15) is 18.0 Å². The zero-order chi connectivity index (χ0) is 13.1. The maximum Gasteiger partial charge on any atom is 0.135 e. The summed E-state index contributed by atoms with van der Waals surface area (Å²) in [7, 11) is 1.91. The molecule has 0 saturated heterocycles. The Labute approximate surface area is 110 Å². The first-order chi connectivity index (χ1) is 8.61. The zero-order valence-electron chi connectivity index (χ0n) is 11.8. The number of hydrogen-bond donors (Lipinski definition) is 2. The third-order valence-electron chi connectivity index (χ3n) is 3.73. The Morgan fingerprint density at radius 3 is 2.50 bits per heavy atom. The third kappa shape index (κ3) is 2.74. The van der Waals surface area contributed by atoms with Crippen LogP contribution in [-0.4, -0.2) is 23.1 Å². The van der Waals surface area contributed by atoms with Crippen LogP contribution in [0.1, 0.15) is 51.5 Å². The van der Waals surface area contributed by atoms with Crippen LogP contribution in [0.4, 0.5) is 11.6 Å². The molecule has 0 aliphatic heterocycles. The van der Waals surface area contributed by atoms with Gasteiger partial charge in [0.2, 0.25) is 0 Å². The summed E-state index contributed by atoms with van der Waals surface area (Å²) in [6.45, 7) is 6.69. The molecule has 100 valence electrons. The summed E-state index contributed by atoms with van der Waals surface area (Å²) in [6.07, 6.45) is 5.45. The van der Waals surface area contributed by atoms with Gasteiger partial charge in [0.15, 0.2) is 0 Å². The van der Waals surface area contributed by atoms with Crippen molar-refractivity contribution in [2.45, 2.75) is 52.0 Å². The van der Waals surface area contributed by atoms with Crippen molar-refractivity contribution in [3.63, 3.8) is 0 Å². The van der Waals surface area contributed by atoms with E-state index in [-0.39, 0.29) is 0 Å². The van der Waals surface area contributed by atoms with Crippen molar-refractivity contribution < 1.29 is 0 Å². The molecule has 0 bridgehead atoms. The summed E-state index contributed by atoms with van der Waals surface area (Å²) in [5.41, 5.74) is 1.19. The first kappa shape index (κ1) is 13.1. The molecule has 2 unspecified atom stereocenters. The van der Waals surface area contributed by atoms with Gasteiger partial charge in [-0.3, -0.25) is 0 Å². The molecule has 4 nitrogen and oxygen atoms in total. The van der Waals surface area contributed by atoms with Gasteiger partial charge in [-0.05, 0) is 31.1 Å². The Morgan fingerprint density at radius 1 is 1.22 bits per heavy atom. The highest BCUT2D eigenvalue weighted by Crippen LogP contribution is 2.32. The van der Waals surface area contributed by atoms with Gasteiger partial charge in [-0.15, -0.1) is 0 Å². The van der Waals surface area contributed by atoms with Gasteiger partial charge in [-0.25, -0.2) is 9.97 Å². The molecule has 0 radical (unpaired) electrons. The van der Waals surface area contributed by atoms with Crippen LogP contribution in [0.25, 0.3) is 0 Å². The number of anilines is 2. The van der Waals surface area contributed by atoms with Crippen LogP contribution in [0.3, 0.4) is 0 Å². The highest BCUT2D eigenvalue weighted by atomic mass is 15.1. The standard InChI is InChI=1S/C14H24N4/c1-9(2)12-13(15-4)16-8-17-14(12)18-11-6-5-10(3)7-11/h8-11H,5-7H2,1-4H3,(H2,15,16,17,18). The smallest absolute Gasteiger partial charge is 0.135 e. The van der Waals surface area contributed by atoms with Crippen molar-refractivity contribution in [1.29, 1.82) is 0 Å². The Morgan fingerprint density at radius 2 is 1.94 bits per heavy atom. The van der Waals surface area contributed by atoms with E-state index in [4.69, 9.17) is 0 Å². The Kier molecular flexibility index (Phi) is 4.04. The Bertz CT molecular complexity index is 403. The van der Waals surface area contributed by atoms with Gasteiger partial charge in [0.25, 0.3) is 0 Å². The largest absolute Gasteiger partial charge is 0.373 e. The second-order valence-corrected chi connectivity index (χ2v) is 5.65. The topological polar surface area (TPSA) is 49.8 Å². The molecule has 18 heavy (non-hydrogen) atoms. The van der Waals surface area contributed by atoms with Crippen LogP contribution in [0.2, 0.25) is 0 Å². The quantitative estimate of drug-likeness (QED) is 0.859. The first-order valence-corrected chi connectivity index (χ1v) is 6.91. The molecule has 1 fully saturated rings. The zero-order valence-corrected chi connectivity index (χ0v) is 11.8. The van der Waals surface area contributed by atoms with Crippen molar-refractivity contribution >= 4 is 11.6 Å². The summed E-state index contributed by atoms with van der Waals surface area (Å²) < 4.78 is 0. The normalized spacial score (nSPS) is 23.4. The lowest BCUT2D eigenvalue weighted by molar-refractivity contribution is 0.602. The highest BCUT2D eigenvalue weighted by molar-refractivity contribution is 5.59. The molecule has 1 aromatic heterocycles. The molecule has 2 rings (SSSR count). The lowest BCUT2D eigenvalue weighted by Gasteiger charge is -2.20. The average molecular weight is 248 g/mol. The number of aromatic nitrogens is 2. The monoisotopic (exact) mass is 248 g/mol. The van der Waals surface area contributed by atoms with E-state index in [1.165, 1.54) is 24.8 Å². The maximum atomic E-state index is 4.43. The molecule has 0 spiro atoms. The van der Waals surface area contributed by atoms with E-state index in [2.05, 4.69) is 41.4 Å². The van der Waals surface area contributed by atoms with Gasteiger partial charge in [0, 0.05) is 18.7 Å². The SMILES string of the molecule is CNc1ncnc(NC2CCC(C)C2)c1C(C)C. The molecule has 4 heteroatoms. The van der Waals surface area contributed by atoms with Gasteiger partial charge < -0.3 is 10.6 Å². The average Bonchev–Trinajstić information content (AvgIpc) is 2.74. The van der Waals surface area contributed by atoms with Crippen LogP contribution in [-0.2, 0) is 0 Å². The molecule has 1 saturated carbocycles. The molecule has 1 aliphatic carbocycles. The van der Waals surface area contributed by atoms with Crippen LogP contribution in [0, 0.1) is 5.92 Å². The number of hydrogen-bond acceptors (Lipinski definition) is 4. The Balaban J connectivity index is 2.21. The second kappa shape index (κ2) is 5.55. The van der Waals surface area contributed by atoms with Crippen molar-refractivity contribution in [3.8, 4) is 0 Å². The predicted octanol–water partition coefficient (Wildman–Crippen LogP) is 3.24. The molecular weight excluding hydrogens is 224 g/mol. The van der Waals surface area contributed by atoms with Gasteiger partial charge in [-0.2, -0.15) is 0 Å². The molecular formula is C14H24N4. The van der Waals surface area contributed by atoms with E-state index in [0.29, 0.717) is 12.0 Å². The summed E-state index contributed by atoms with van der Waals surface area (Å²) in [6, 6.07) is 0.567. The molecule has 2 atom stereocenters. The van der Waals surface area contributed by atoms with E-state index in [1.54, 1.807) is 6.33 Å². The second-order valence-electron chi connectivity index (χ2n) is 5.65. The van der Waals surface area contributed by atoms with Crippen molar-refractivity contribution in [2.75, 3.05) is 17.7 Å². The predicted molar refractivity (Wildman–Crippen MR) is 76.1 cm³/mol.